The molecule has 0 amide bonds. The standard InChI is InChI=1S/C16H18O3S/c17-14-13(12-6-2-1-3-7-12)18-16(19-14)10-4-8-15(16)9-5-11-20-15/h1-3,6-7,13H,4-5,8-11H2/t13-,15+,16-/m1/s1. The van der Waals surface area contributed by atoms with E-state index in [0.717, 1.165) is 37.0 Å². The largest absolute Gasteiger partial charge is 0.429 e. The maximum atomic E-state index is 12.3. The van der Waals surface area contributed by atoms with Crippen LogP contribution < -0.4 is 0 Å². The molecule has 3 atom stereocenters. The normalized spacial score (nSPS) is 39.8. The third-order valence-electron chi connectivity index (χ3n) is 4.77. The summed E-state index contributed by atoms with van der Waals surface area (Å²) in [6.45, 7) is 0. The minimum Gasteiger partial charge on any atom is -0.429 e. The first-order valence-electron chi connectivity index (χ1n) is 7.34. The molecule has 4 rings (SSSR count). The first-order valence-corrected chi connectivity index (χ1v) is 8.33. The highest BCUT2D eigenvalue weighted by molar-refractivity contribution is 8.01. The molecule has 0 unspecified atom stereocenters. The number of ether oxygens (including phenoxy) is 2. The van der Waals surface area contributed by atoms with Gasteiger partial charge < -0.3 is 9.47 Å². The van der Waals surface area contributed by atoms with Crippen LogP contribution in [0.3, 0.4) is 0 Å². The maximum Gasteiger partial charge on any atom is 0.342 e. The Balaban J connectivity index is 1.67. The van der Waals surface area contributed by atoms with Gasteiger partial charge in [-0.2, -0.15) is 0 Å². The van der Waals surface area contributed by atoms with Crippen molar-refractivity contribution in [3.63, 3.8) is 0 Å². The Kier molecular flexibility index (Phi) is 2.86. The lowest BCUT2D eigenvalue weighted by atomic mass is 9.96. The fourth-order valence-electron chi connectivity index (χ4n) is 3.84. The van der Waals surface area contributed by atoms with Crippen LogP contribution in [0.15, 0.2) is 30.3 Å². The van der Waals surface area contributed by atoms with Crippen LogP contribution in [0.5, 0.6) is 0 Å². The zero-order valence-corrected chi connectivity index (χ0v) is 12.2. The van der Waals surface area contributed by atoms with Crippen molar-refractivity contribution in [1.82, 2.24) is 0 Å². The van der Waals surface area contributed by atoms with Gasteiger partial charge in [-0.05, 0) is 37.0 Å². The lowest BCUT2D eigenvalue weighted by molar-refractivity contribution is -0.186. The summed E-state index contributed by atoms with van der Waals surface area (Å²) in [5.74, 6) is 0.259. The zero-order chi connectivity index (χ0) is 13.6. The summed E-state index contributed by atoms with van der Waals surface area (Å²) in [6.07, 6.45) is 4.78. The molecule has 0 N–H and O–H groups in total. The summed E-state index contributed by atoms with van der Waals surface area (Å²) < 4.78 is 12.1. The number of benzene rings is 1. The van der Waals surface area contributed by atoms with E-state index in [0.29, 0.717) is 0 Å². The van der Waals surface area contributed by atoms with Gasteiger partial charge in [0.05, 0.1) is 4.75 Å². The summed E-state index contributed by atoms with van der Waals surface area (Å²) in [5.41, 5.74) is 0.902. The van der Waals surface area contributed by atoms with Crippen molar-refractivity contribution in [2.75, 3.05) is 5.75 Å². The number of hydrogen-bond donors (Lipinski definition) is 0. The highest BCUT2D eigenvalue weighted by atomic mass is 32.2. The monoisotopic (exact) mass is 290 g/mol. The minimum absolute atomic E-state index is 0.00614. The molecule has 4 heteroatoms. The fourth-order valence-corrected chi connectivity index (χ4v) is 5.51. The van der Waals surface area contributed by atoms with Crippen LogP contribution in [0, 0.1) is 0 Å². The third-order valence-corrected chi connectivity index (χ3v) is 6.54. The predicted octanol–water partition coefficient (Wildman–Crippen LogP) is 3.45. The Bertz CT molecular complexity index is 518. The smallest absolute Gasteiger partial charge is 0.342 e. The average Bonchev–Trinajstić information content (AvgIpc) is 3.15. The fraction of sp³-hybridized carbons (Fsp3) is 0.562. The van der Waals surface area contributed by atoms with E-state index in [-0.39, 0.29) is 10.7 Å². The Labute approximate surface area is 123 Å². The van der Waals surface area contributed by atoms with Crippen molar-refractivity contribution in [3.8, 4) is 0 Å². The van der Waals surface area contributed by atoms with Crippen LogP contribution in [0.4, 0.5) is 0 Å². The molecule has 2 spiro atoms. The van der Waals surface area contributed by atoms with Gasteiger partial charge in [0.15, 0.2) is 6.10 Å². The molecule has 0 aromatic heterocycles. The molecular formula is C16H18O3S. The molecule has 3 fully saturated rings. The van der Waals surface area contributed by atoms with Crippen molar-refractivity contribution in [3.05, 3.63) is 35.9 Å². The molecule has 1 saturated carbocycles. The van der Waals surface area contributed by atoms with E-state index in [4.69, 9.17) is 9.47 Å². The molecule has 2 heterocycles. The van der Waals surface area contributed by atoms with Gasteiger partial charge in [0.1, 0.15) is 0 Å². The van der Waals surface area contributed by atoms with Gasteiger partial charge in [-0.15, -0.1) is 11.8 Å². The van der Waals surface area contributed by atoms with Crippen molar-refractivity contribution in [2.24, 2.45) is 0 Å². The Morgan fingerprint density at radius 1 is 1.10 bits per heavy atom. The molecule has 3 aliphatic rings. The van der Waals surface area contributed by atoms with Crippen molar-refractivity contribution < 1.29 is 14.3 Å². The number of esters is 1. The molecule has 0 bridgehead atoms. The summed E-state index contributed by atoms with van der Waals surface area (Å²) in [4.78, 5) is 12.3. The molecule has 1 aliphatic carbocycles. The number of thioether (sulfide) groups is 1. The summed E-state index contributed by atoms with van der Waals surface area (Å²) in [7, 11) is 0. The minimum atomic E-state index is -0.675. The van der Waals surface area contributed by atoms with Crippen LogP contribution in [0.1, 0.15) is 43.8 Å². The van der Waals surface area contributed by atoms with Crippen LogP contribution >= 0.6 is 11.8 Å². The maximum absolute atomic E-state index is 12.3. The summed E-state index contributed by atoms with van der Waals surface area (Å²) >= 11 is 1.95. The van der Waals surface area contributed by atoms with Crippen LogP contribution in [-0.4, -0.2) is 22.3 Å². The molecule has 0 radical (unpaired) electrons. The topological polar surface area (TPSA) is 35.5 Å². The van der Waals surface area contributed by atoms with E-state index in [1.54, 1.807) is 0 Å². The Morgan fingerprint density at radius 2 is 1.90 bits per heavy atom. The first kappa shape index (κ1) is 12.7. The summed E-state index contributed by atoms with van der Waals surface area (Å²) in [5, 5.41) is 0. The van der Waals surface area contributed by atoms with E-state index < -0.39 is 11.9 Å². The van der Waals surface area contributed by atoms with Gasteiger partial charge >= 0.3 is 5.97 Å². The second-order valence-corrected chi connectivity index (χ2v) is 7.36. The SMILES string of the molecule is O=C1O[C@@]2(CCC[C@]23CCCS3)O[C@@H]1c1ccccc1. The van der Waals surface area contributed by atoms with Gasteiger partial charge in [0.25, 0.3) is 0 Å². The number of hydrogen-bond acceptors (Lipinski definition) is 4. The molecule has 20 heavy (non-hydrogen) atoms. The highest BCUT2D eigenvalue weighted by Crippen LogP contribution is 2.60. The second-order valence-electron chi connectivity index (χ2n) is 5.88. The average molecular weight is 290 g/mol. The molecule has 2 saturated heterocycles. The molecule has 2 aliphatic heterocycles. The molecule has 106 valence electrons. The van der Waals surface area contributed by atoms with Gasteiger partial charge in [0, 0.05) is 6.42 Å². The van der Waals surface area contributed by atoms with E-state index in [2.05, 4.69) is 0 Å². The molecular weight excluding hydrogens is 272 g/mol. The quantitative estimate of drug-likeness (QED) is 0.742. The van der Waals surface area contributed by atoms with E-state index in [1.165, 1.54) is 6.42 Å². The number of fused-ring (bicyclic) bond motifs is 1. The Morgan fingerprint density at radius 3 is 2.65 bits per heavy atom. The predicted molar refractivity (Wildman–Crippen MR) is 77.4 cm³/mol. The number of rotatable bonds is 1. The van der Waals surface area contributed by atoms with Crippen LogP contribution in [0.25, 0.3) is 0 Å². The van der Waals surface area contributed by atoms with E-state index in [9.17, 15) is 4.79 Å². The van der Waals surface area contributed by atoms with E-state index >= 15 is 0 Å². The lowest BCUT2D eigenvalue weighted by Crippen LogP contribution is -2.47. The lowest BCUT2D eigenvalue weighted by Gasteiger charge is -2.37. The number of carbonyl (C=O) groups excluding carboxylic acids is 1. The molecule has 3 nitrogen and oxygen atoms in total. The second kappa shape index (κ2) is 4.50. The van der Waals surface area contributed by atoms with Gasteiger partial charge in [-0.25, -0.2) is 4.79 Å². The van der Waals surface area contributed by atoms with Crippen molar-refractivity contribution in [1.29, 1.82) is 0 Å². The molecule has 1 aromatic rings. The highest BCUT2D eigenvalue weighted by Gasteiger charge is 2.65. The number of carbonyl (C=O) groups is 1. The van der Waals surface area contributed by atoms with Crippen molar-refractivity contribution >= 4 is 17.7 Å². The first-order chi connectivity index (χ1) is 9.75. The summed E-state index contributed by atoms with van der Waals surface area (Å²) in [6, 6.07) is 9.70. The van der Waals surface area contributed by atoms with Gasteiger partial charge in [-0.3, -0.25) is 0 Å². The van der Waals surface area contributed by atoms with Crippen LogP contribution in [-0.2, 0) is 14.3 Å². The van der Waals surface area contributed by atoms with Crippen molar-refractivity contribution in [2.45, 2.75) is 48.7 Å². The Hall–Kier alpha value is -1.00. The van der Waals surface area contributed by atoms with Gasteiger partial charge in [0.2, 0.25) is 5.79 Å². The van der Waals surface area contributed by atoms with Gasteiger partial charge in [-0.1, -0.05) is 30.3 Å². The molecule has 1 aromatic carbocycles. The van der Waals surface area contributed by atoms with Crippen LogP contribution in [0.2, 0.25) is 0 Å². The zero-order valence-electron chi connectivity index (χ0n) is 11.3. The van der Waals surface area contributed by atoms with E-state index in [1.807, 2.05) is 42.1 Å². The third kappa shape index (κ3) is 1.67.